The third-order valence-corrected chi connectivity index (χ3v) is 5.86. The summed E-state index contributed by atoms with van der Waals surface area (Å²) in [5.41, 5.74) is 3.06. The Hall–Kier alpha value is -3.42. The molecule has 2 aromatic carbocycles. The van der Waals surface area contributed by atoms with Gasteiger partial charge in [0.15, 0.2) is 0 Å². The van der Waals surface area contributed by atoms with E-state index in [1.807, 2.05) is 62.4 Å². The van der Waals surface area contributed by atoms with Crippen molar-refractivity contribution in [1.29, 1.82) is 5.41 Å². The number of morpholine rings is 1. The van der Waals surface area contributed by atoms with E-state index in [4.69, 9.17) is 14.9 Å². The number of nitrogens with zero attached hydrogens (tertiary/aromatic N) is 2. The van der Waals surface area contributed by atoms with Crippen molar-refractivity contribution in [3.05, 3.63) is 88.3 Å². The number of aromatic nitrogens is 1. The first-order valence-corrected chi connectivity index (χ1v) is 12.6. The minimum Gasteiger partial charge on any atom is -0.489 e. The third-order valence-electron chi connectivity index (χ3n) is 5.86. The van der Waals surface area contributed by atoms with Crippen LogP contribution in [0.4, 0.5) is 5.69 Å². The van der Waals surface area contributed by atoms with Crippen LogP contribution in [0.15, 0.2) is 71.7 Å². The number of ether oxygens (including phenoxy) is 2. The maximum atomic E-state index is 12.7. The molecular formula is C29H38N4O3. The molecule has 4 rings (SSSR count). The first kappa shape index (κ1) is 27.2. The molecule has 1 aliphatic heterocycles. The van der Waals surface area contributed by atoms with Crippen molar-refractivity contribution in [2.24, 2.45) is 0 Å². The highest BCUT2D eigenvalue weighted by Crippen LogP contribution is 2.20. The zero-order chi connectivity index (χ0) is 26.0. The molecule has 3 aromatic rings. The molecule has 1 aromatic heterocycles. The number of benzene rings is 2. The van der Waals surface area contributed by atoms with E-state index in [0.29, 0.717) is 18.0 Å². The van der Waals surface area contributed by atoms with Crippen LogP contribution in [0, 0.1) is 5.41 Å². The molecule has 2 heterocycles. The van der Waals surface area contributed by atoms with Gasteiger partial charge < -0.3 is 20.2 Å². The zero-order valence-electron chi connectivity index (χ0n) is 21.8. The fraction of sp³-hybridized carbons (Fsp3) is 0.379. The standard InChI is InChI=1S/C27H32N4O3.C2H6/c1-27(2)20-30(14-15-34-27)13-11-29-25-9-8-23(16-22(25)18-28)31-12-10-24(17-26(31)32)33-19-21-6-4-3-5-7-21;1-2/h3-10,12,16-18,28-29H,11,13-15,19-20H2,1-2H3;1-2H3. The summed E-state index contributed by atoms with van der Waals surface area (Å²) < 4.78 is 13.1. The van der Waals surface area contributed by atoms with E-state index in [-0.39, 0.29) is 11.2 Å². The highest BCUT2D eigenvalue weighted by atomic mass is 16.5. The summed E-state index contributed by atoms with van der Waals surface area (Å²) in [5.74, 6) is 0.530. The minimum atomic E-state index is -0.183. The molecule has 0 spiro atoms. The van der Waals surface area contributed by atoms with Crippen molar-refractivity contribution in [3.63, 3.8) is 0 Å². The van der Waals surface area contributed by atoms with Gasteiger partial charge >= 0.3 is 0 Å². The molecule has 1 aliphatic rings. The minimum absolute atomic E-state index is 0.116. The molecule has 7 nitrogen and oxygen atoms in total. The maximum Gasteiger partial charge on any atom is 0.258 e. The van der Waals surface area contributed by atoms with Gasteiger partial charge in [0, 0.05) is 61.6 Å². The molecule has 0 bridgehead atoms. The fourth-order valence-corrected chi connectivity index (χ4v) is 4.14. The molecular weight excluding hydrogens is 452 g/mol. The van der Waals surface area contributed by atoms with Crippen LogP contribution in [0.25, 0.3) is 5.69 Å². The quantitative estimate of drug-likeness (QED) is 0.414. The van der Waals surface area contributed by atoms with Gasteiger partial charge in [-0.05, 0) is 43.7 Å². The summed E-state index contributed by atoms with van der Waals surface area (Å²) in [4.78, 5) is 15.1. The van der Waals surface area contributed by atoms with Gasteiger partial charge in [-0.2, -0.15) is 0 Å². The number of hydrogen-bond acceptors (Lipinski definition) is 6. The van der Waals surface area contributed by atoms with Gasteiger partial charge in [0.2, 0.25) is 0 Å². The number of anilines is 1. The Morgan fingerprint density at radius 2 is 1.89 bits per heavy atom. The van der Waals surface area contributed by atoms with E-state index in [0.717, 1.165) is 49.6 Å². The lowest BCUT2D eigenvalue weighted by Gasteiger charge is -2.38. The molecule has 0 unspecified atom stereocenters. The maximum absolute atomic E-state index is 12.7. The Morgan fingerprint density at radius 1 is 1.11 bits per heavy atom. The Bertz CT molecular complexity index is 1170. The predicted molar refractivity (Wildman–Crippen MR) is 147 cm³/mol. The van der Waals surface area contributed by atoms with Crippen molar-refractivity contribution < 1.29 is 9.47 Å². The molecule has 0 amide bonds. The summed E-state index contributed by atoms with van der Waals surface area (Å²) in [7, 11) is 0. The summed E-state index contributed by atoms with van der Waals surface area (Å²) in [5, 5.41) is 11.3. The number of hydrogen-bond donors (Lipinski definition) is 2. The number of rotatable bonds is 9. The SMILES string of the molecule is CC.CC1(C)CN(CCNc2ccc(-n3ccc(OCc4ccccc4)cc3=O)cc2C=N)CCO1. The van der Waals surface area contributed by atoms with Gasteiger partial charge in [0.05, 0.1) is 12.2 Å². The molecule has 0 aliphatic carbocycles. The third kappa shape index (κ3) is 7.54. The predicted octanol–water partition coefficient (Wildman–Crippen LogP) is 4.96. The second-order valence-corrected chi connectivity index (χ2v) is 9.07. The molecule has 1 saturated heterocycles. The van der Waals surface area contributed by atoms with Gasteiger partial charge in [0.1, 0.15) is 12.4 Å². The van der Waals surface area contributed by atoms with E-state index in [2.05, 4.69) is 24.1 Å². The van der Waals surface area contributed by atoms with Gasteiger partial charge in [0.25, 0.3) is 5.56 Å². The summed E-state index contributed by atoms with van der Waals surface area (Å²) in [6, 6.07) is 18.8. The van der Waals surface area contributed by atoms with Crippen LogP contribution in [0.3, 0.4) is 0 Å². The first-order valence-electron chi connectivity index (χ1n) is 12.6. The lowest BCUT2D eigenvalue weighted by molar-refractivity contribution is -0.0848. The average molecular weight is 491 g/mol. The van der Waals surface area contributed by atoms with Crippen molar-refractivity contribution in [1.82, 2.24) is 9.47 Å². The van der Waals surface area contributed by atoms with Crippen molar-refractivity contribution in [3.8, 4) is 11.4 Å². The second-order valence-electron chi connectivity index (χ2n) is 9.07. The molecule has 0 radical (unpaired) electrons. The Morgan fingerprint density at radius 3 is 2.58 bits per heavy atom. The summed E-state index contributed by atoms with van der Waals surface area (Å²) in [6.45, 7) is 12.9. The Labute approximate surface area is 214 Å². The van der Waals surface area contributed by atoms with E-state index >= 15 is 0 Å². The summed E-state index contributed by atoms with van der Waals surface area (Å²) >= 11 is 0. The van der Waals surface area contributed by atoms with Crippen LogP contribution in [-0.2, 0) is 11.3 Å². The van der Waals surface area contributed by atoms with E-state index < -0.39 is 0 Å². The number of pyridine rings is 1. The number of nitrogens with one attached hydrogen (secondary N) is 2. The lowest BCUT2D eigenvalue weighted by Crippen LogP contribution is -2.49. The van der Waals surface area contributed by atoms with Crippen molar-refractivity contribution in [2.75, 3.05) is 38.1 Å². The molecule has 0 atom stereocenters. The van der Waals surface area contributed by atoms with Crippen LogP contribution in [0.1, 0.15) is 38.8 Å². The molecule has 36 heavy (non-hydrogen) atoms. The van der Waals surface area contributed by atoms with Crippen LogP contribution >= 0.6 is 0 Å². The fourth-order valence-electron chi connectivity index (χ4n) is 4.14. The normalized spacial score (nSPS) is 14.9. The monoisotopic (exact) mass is 490 g/mol. The van der Waals surface area contributed by atoms with Gasteiger partial charge in [-0.3, -0.25) is 14.3 Å². The zero-order valence-corrected chi connectivity index (χ0v) is 21.8. The van der Waals surface area contributed by atoms with Crippen LogP contribution in [-0.4, -0.2) is 54.1 Å². The second kappa shape index (κ2) is 13.0. The van der Waals surface area contributed by atoms with Gasteiger partial charge in [-0.1, -0.05) is 44.2 Å². The molecule has 0 saturated carbocycles. The highest BCUT2D eigenvalue weighted by molar-refractivity contribution is 5.86. The average Bonchev–Trinajstić information content (AvgIpc) is 2.89. The smallest absolute Gasteiger partial charge is 0.258 e. The Kier molecular flexibility index (Phi) is 9.85. The topological polar surface area (TPSA) is 79.6 Å². The van der Waals surface area contributed by atoms with Gasteiger partial charge in [-0.25, -0.2) is 0 Å². The lowest BCUT2D eigenvalue weighted by atomic mass is 10.1. The van der Waals surface area contributed by atoms with Gasteiger partial charge in [-0.15, -0.1) is 0 Å². The van der Waals surface area contributed by atoms with Crippen LogP contribution in [0.5, 0.6) is 5.75 Å². The first-order chi connectivity index (χ1) is 17.4. The van der Waals surface area contributed by atoms with E-state index in [9.17, 15) is 4.79 Å². The summed E-state index contributed by atoms with van der Waals surface area (Å²) in [6.07, 6.45) is 3.02. The Balaban J connectivity index is 0.00000176. The molecule has 192 valence electrons. The van der Waals surface area contributed by atoms with Crippen molar-refractivity contribution >= 4 is 11.9 Å². The molecule has 7 heteroatoms. The van der Waals surface area contributed by atoms with E-state index in [1.54, 1.807) is 16.8 Å². The largest absolute Gasteiger partial charge is 0.489 e. The molecule has 2 N–H and O–H groups in total. The van der Waals surface area contributed by atoms with Crippen LogP contribution in [0.2, 0.25) is 0 Å². The van der Waals surface area contributed by atoms with E-state index in [1.165, 1.54) is 12.3 Å². The highest BCUT2D eigenvalue weighted by Gasteiger charge is 2.26. The van der Waals surface area contributed by atoms with Crippen molar-refractivity contribution in [2.45, 2.75) is 39.9 Å². The van der Waals surface area contributed by atoms with Crippen LogP contribution < -0.4 is 15.6 Å². The molecule has 1 fully saturated rings.